The zero-order valence-corrected chi connectivity index (χ0v) is 12.2. The van der Waals surface area contributed by atoms with E-state index in [2.05, 4.69) is 6.58 Å². The first-order chi connectivity index (χ1) is 9.47. The Morgan fingerprint density at radius 3 is 2.50 bits per heavy atom. The predicted molar refractivity (Wildman–Crippen MR) is 75.8 cm³/mol. The maximum atomic E-state index is 11.4. The monoisotopic (exact) mass is 276 g/mol. The zero-order valence-electron chi connectivity index (χ0n) is 12.2. The van der Waals surface area contributed by atoms with Gasteiger partial charge >= 0.3 is 5.97 Å². The molecule has 2 rings (SSSR count). The van der Waals surface area contributed by atoms with E-state index in [9.17, 15) is 4.79 Å². The third-order valence-corrected chi connectivity index (χ3v) is 3.05. The Morgan fingerprint density at radius 2 is 2.00 bits per heavy atom. The molecule has 1 atom stereocenters. The first-order valence-electron chi connectivity index (χ1n) is 6.64. The maximum absolute atomic E-state index is 11.4. The van der Waals surface area contributed by atoms with Gasteiger partial charge in [0.2, 0.25) is 0 Å². The highest BCUT2D eigenvalue weighted by atomic mass is 16.6. The van der Waals surface area contributed by atoms with Crippen molar-refractivity contribution in [2.45, 2.75) is 33.5 Å². The van der Waals surface area contributed by atoms with Crippen LogP contribution in [0.5, 0.6) is 5.75 Å². The molecular weight excluding hydrogens is 256 g/mol. The van der Waals surface area contributed by atoms with Crippen molar-refractivity contribution < 1.29 is 19.0 Å². The molecule has 0 N–H and O–H groups in total. The van der Waals surface area contributed by atoms with E-state index in [1.165, 1.54) is 0 Å². The quantitative estimate of drug-likeness (QED) is 0.455. The largest absolute Gasteiger partial charge is 0.490 e. The topological polar surface area (TPSA) is 48.1 Å². The highest BCUT2D eigenvalue weighted by Gasteiger charge is 2.23. The number of carbonyl (C=O) groups excluding carboxylic acids is 1. The lowest BCUT2D eigenvalue weighted by Gasteiger charge is -2.13. The summed E-state index contributed by atoms with van der Waals surface area (Å²) in [5.74, 6) is 0.516. The third-order valence-electron chi connectivity index (χ3n) is 3.05. The molecule has 1 saturated heterocycles. The van der Waals surface area contributed by atoms with Crippen LogP contribution in [-0.4, -0.2) is 25.3 Å². The van der Waals surface area contributed by atoms with Crippen LogP contribution in [0, 0.1) is 13.8 Å². The minimum absolute atomic E-state index is 0.241. The third kappa shape index (κ3) is 3.84. The first kappa shape index (κ1) is 14.6. The van der Waals surface area contributed by atoms with Crippen LogP contribution in [0.4, 0.5) is 0 Å². The summed E-state index contributed by atoms with van der Waals surface area (Å²) in [6.45, 7) is 10.8. The lowest BCUT2D eigenvalue weighted by molar-refractivity contribution is -0.140. The molecule has 0 saturated carbocycles. The Hall–Kier alpha value is -1.81. The second-order valence-electron chi connectivity index (χ2n) is 5.18. The van der Waals surface area contributed by atoms with Crippen LogP contribution in [0.1, 0.15) is 23.6 Å². The molecule has 4 heteroatoms. The molecule has 1 unspecified atom stereocenters. The number of aryl methyl sites for hydroxylation is 2. The average Bonchev–Trinajstić information content (AvgIpc) is 3.18. The fraction of sp³-hybridized carbons (Fsp3) is 0.438. The molecule has 1 aliphatic rings. The fourth-order valence-corrected chi connectivity index (χ4v) is 1.96. The van der Waals surface area contributed by atoms with Crippen LogP contribution >= 0.6 is 0 Å². The van der Waals surface area contributed by atoms with Gasteiger partial charge in [-0.25, -0.2) is 4.79 Å². The van der Waals surface area contributed by atoms with E-state index in [0.717, 1.165) is 29.0 Å². The molecule has 1 heterocycles. The molecule has 0 aromatic heterocycles. The van der Waals surface area contributed by atoms with Crippen molar-refractivity contribution in [3.05, 3.63) is 41.0 Å². The lowest BCUT2D eigenvalue weighted by Crippen LogP contribution is -2.08. The molecule has 0 amide bonds. The van der Waals surface area contributed by atoms with E-state index in [4.69, 9.17) is 14.2 Å². The number of esters is 1. The van der Waals surface area contributed by atoms with Crippen molar-refractivity contribution in [2.24, 2.45) is 0 Å². The Kier molecular flexibility index (Phi) is 4.45. The number of rotatable bonds is 6. The van der Waals surface area contributed by atoms with Gasteiger partial charge in [0.1, 0.15) is 25.1 Å². The Balaban J connectivity index is 2.00. The van der Waals surface area contributed by atoms with Crippen molar-refractivity contribution in [1.82, 2.24) is 0 Å². The number of benzene rings is 1. The van der Waals surface area contributed by atoms with Crippen LogP contribution in [0.25, 0.3) is 0 Å². The predicted octanol–water partition coefficient (Wildman–Crippen LogP) is 2.70. The minimum Gasteiger partial charge on any atom is -0.490 e. The summed E-state index contributed by atoms with van der Waals surface area (Å²) in [7, 11) is 0. The number of ether oxygens (including phenoxy) is 3. The number of hydrogen-bond acceptors (Lipinski definition) is 4. The molecule has 4 nitrogen and oxygen atoms in total. The van der Waals surface area contributed by atoms with Gasteiger partial charge in [-0.05, 0) is 49.6 Å². The minimum atomic E-state index is -0.369. The first-order valence-corrected chi connectivity index (χ1v) is 6.64. The Labute approximate surface area is 119 Å². The summed E-state index contributed by atoms with van der Waals surface area (Å²) >= 11 is 0. The van der Waals surface area contributed by atoms with Crippen LogP contribution in [-0.2, 0) is 20.9 Å². The molecule has 108 valence electrons. The summed E-state index contributed by atoms with van der Waals surface area (Å²) in [6, 6.07) is 3.95. The second-order valence-corrected chi connectivity index (χ2v) is 5.18. The fourth-order valence-electron chi connectivity index (χ4n) is 1.96. The SMILES string of the molecule is C=C(C)C(=O)OCc1cc(C)c(OCC2CO2)c(C)c1. The van der Waals surface area contributed by atoms with Crippen molar-refractivity contribution in [3.63, 3.8) is 0 Å². The summed E-state index contributed by atoms with van der Waals surface area (Å²) in [6.07, 6.45) is 0.241. The Bertz CT molecular complexity index is 506. The molecule has 0 spiro atoms. The van der Waals surface area contributed by atoms with Gasteiger partial charge in [-0.1, -0.05) is 6.58 Å². The van der Waals surface area contributed by atoms with Crippen LogP contribution in [0.3, 0.4) is 0 Å². The van der Waals surface area contributed by atoms with E-state index in [-0.39, 0.29) is 18.7 Å². The number of carbonyl (C=O) groups is 1. The highest BCUT2D eigenvalue weighted by Crippen LogP contribution is 2.26. The Morgan fingerprint density at radius 1 is 1.40 bits per heavy atom. The summed E-state index contributed by atoms with van der Waals surface area (Å²) in [5.41, 5.74) is 3.42. The molecular formula is C16H20O4. The van der Waals surface area contributed by atoms with Gasteiger partial charge in [0.05, 0.1) is 6.61 Å². The van der Waals surface area contributed by atoms with Crippen molar-refractivity contribution in [3.8, 4) is 5.75 Å². The summed E-state index contributed by atoms with van der Waals surface area (Å²) in [5, 5.41) is 0. The molecule has 0 bridgehead atoms. The van der Waals surface area contributed by atoms with Crippen molar-refractivity contribution >= 4 is 5.97 Å². The van der Waals surface area contributed by atoms with Gasteiger partial charge in [-0.2, -0.15) is 0 Å². The maximum Gasteiger partial charge on any atom is 0.333 e. The van der Waals surface area contributed by atoms with Crippen LogP contribution in [0.15, 0.2) is 24.3 Å². The number of hydrogen-bond donors (Lipinski definition) is 0. The van der Waals surface area contributed by atoms with Gasteiger partial charge in [0.25, 0.3) is 0 Å². The van der Waals surface area contributed by atoms with Gasteiger partial charge in [0, 0.05) is 5.57 Å². The van der Waals surface area contributed by atoms with Gasteiger partial charge in [-0.3, -0.25) is 0 Å². The van der Waals surface area contributed by atoms with Crippen molar-refractivity contribution in [1.29, 1.82) is 0 Å². The van der Waals surface area contributed by atoms with E-state index in [0.29, 0.717) is 12.2 Å². The van der Waals surface area contributed by atoms with Crippen LogP contribution < -0.4 is 4.74 Å². The average molecular weight is 276 g/mol. The van der Waals surface area contributed by atoms with E-state index < -0.39 is 0 Å². The molecule has 0 aliphatic carbocycles. The van der Waals surface area contributed by atoms with Gasteiger partial charge in [0.15, 0.2) is 0 Å². The molecule has 20 heavy (non-hydrogen) atoms. The van der Waals surface area contributed by atoms with Gasteiger partial charge in [-0.15, -0.1) is 0 Å². The van der Waals surface area contributed by atoms with Crippen molar-refractivity contribution in [2.75, 3.05) is 13.2 Å². The summed E-state index contributed by atoms with van der Waals surface area (Å²) in [4.78, 5) is 11.4. The van der Waals surface area contributed by atoms with E-state index >= 15 is 0 Å². The normalized spacial score (nSPS) is 16.6. The molecule has 1 aromatic rings. The second kappa shape index (κ2) is 6.09. The molecule has 0 radical (unpaired) electrons. The van der Waals surface area contributed by atoms with E-state index in [1.54, 1.807) is 6.92 Å². The molecule has 1 aliphatic heterocycles. The lowest BCUT2D eigenvalue weighted by atomic mass is 10.1. The standard InChI is InChI=1S/C16H20O4/c1-10(2)16(17)20-7-13-5-11(3)15(12(4)6-13)19-9-14-8-18-14/h5-6,14H,1,7-9H2,2-4H3. The number of epoxide rings is 1. The molecule has 1 aromatic carbocycles. The van der Waals surface area contributed by atoms with Gasteiger partial charge < -0.3 is 14.2 Å². The highest BCUT2D eigenvalue weighted by molar-refractivity contribution is 5.86. The zero-order chi connectivity index (χ0) is 14.7. The smallest absolute Gasteiger partial charge is 0.333 e. The van der Waals surface area contributed by atoms with E-state index in [1.807, 2.05) is 26.0 Å². The molecule has 1 fully saturated rings. The van der Waals surface area contributed by atoms with Crippen LogP contribution in [0.2, 0.25) is 0 Å². The summed E-state index contributed by atoms with van der Waals surface area (Å²) < 4.78 is 16.0.